The highest BCUT2D eigenvalue weighted by Crippen LogP contribution is 2.17. The molecule has 0 bridgehead atoms. The summed E-state index contributed by atoms with van der Waals surface area (Å²) in [6, 6.07) is 16.0. The van der Waals surface area contributed by atoms with E-state index in [0.717, 1.165) is 5.56 Å². The van der Waals surface area contributed by atoms with Crippen LogP contribution >= 0.6 is 0 Å². The molecule has 0 atom stereocenters. The summed E-state index contributed by atoms with van der Waals surface area (Å²) in [5.41, 5.74) is 1.85. The Morgan fingerprint density at radius 2 is 1.68 bits per heavy atom. The van der Waals surface area contributed by atoms with Gasteiger partial charge in [0.2, 0.25) is 0 Å². The van der Waals surface area contributed by atoms with E-state index in [-0.39, 0.29) is 5.69 Å². The fourth-order valence-electron chi connectivity index (χ4n) is 1.51. The molecule has 0 aliphatic rings. The molecule has 0 heterocycles. The standard InChI is InChI=1S/C15H12N2O2/c18-17(19)15-10-8-14(9-11-15)16-12-4-7-13-5-2-1-3-6-13/h1-12H. The number of benzene rings is 2. The zero-order valence-electron chi connectivity index (χ0n) is 10.1. The highest BCUT2D eigenvalue weighted by Gasteiger charge is 2.02. The smallest absolute Gasteiger partial charge is 0.258 e. The lowest BCUT2D eigenvalue weighted by atomic mass is 10.2. The Bertz CT molecular complexity index is 602. The molecule has 0 amide bonds. The summed E-state index contributed by atoms with van der Waals surface area (Å²) in [5, 5.41) is 10.5. The van der Waals surface area contributed by atoms with Crippen molar-refractivity contribution >= 4 is 23.7 Å². The van der Waals surface area contributed by atoms with Crippen LogP contribution in [-0.4, -0.2) is 11.1 Å². The minimum Gasteiger partial charge on any atom is -0.258 e. The van der Waals surface area contributed by atoms with Gasteiger partial charge in [0, 0.05) is 18.3 Å². The molecule has 4 heteroatoms. The van der Waals surface area contributed by atoms with Crippen LogP contribution in [0, 0.1) is 10.1 Å². The molecule has 94 valence electrons. The van der Waals surface area contributed by atoms with Gasteiger partial charge in [-0.25, -0.2) is 0 Å². The summed E-state index contributed by atoms with van der Waals surface area (Å²) in [7, 11) is 0. The number of aliphatic imine (C=N–C) groups is 1. The number of hydrogen-bond donors (Lipinski definition) is 0. The summed E-state index contributed by atoms with van der Waals surface area (Å²) in [5.74, 6) is 0. The molecular formula is C15H12N2O2. The third kappa shape index (κ3) is 3.89. The number of rotatable bonds is 4. The Morgan fingerprint density at radius 3 is 2.32 bits per heavy atom. The van der Waals surface area contributed by atoms with Gasteiger partial charge in [-0.3, -0.25) is 15.1 Å². The van der Waals surface area contributed by atoms with Gasteiger partial charge >= 0.3 is 0 Å². The maximum Gasteiger partial charge on any atom is 0.269 e. The van der Waals surface area contributed by atoms with E-state index in [1.165, 1.54) is 12.1 Å². The third-order valence-corrected chi connectivity index (χ3v) is 2.46. The van der Waals surface area contributed by atoms with E-state index in [1.807, 2.05) is 42.5 Å². The van der Waals surface area contributed by atoms with Crippen LogP contribution in [0.15, 0.2) is 65.7 Å². The average molecular weight is 252 g/mol. The van der Waals surface area contributed by atoms with Gasteiger partial charge in [-0.15, -0.1) is 0 Å². The van der Waals surface area contributed by atoms with Gasteiger partial charge in [-0.05, 0) is 23.8 Å². The SMILES string of the molecule is O=[N+]([O-])c1ccc(N=CC=Cc2ccccc2)cc1. The van der Waals surface area contributed by atoms with Crippen molar-refractivity contribution in [2.45, 2.75) is 0 Å². The Morgan fingerprint density at radius 1 is 1.00 bits per heavy atom. The first-order valence-corrected chi connectivity index (χ1v) is 5.76. The lowest BCUT2D eigenvalue weighted by Crippen LogP contribution is -1.85. The van der Waals surface area contributed by atoms with Crippen molar-refractivity contribution in [3.05, 3.63) is 76.4 Å². The number of allylic oxidation sites excluding steroid dienone is 1. The van der Waals surface area contributed by atoms with Crippen LogP contribution in [0.25, 0.3) is 6.08 Å². The first-order valence-electron chi connectivity index (χ1n) is 5.76. The van der Waals surface area contributed by atoms with Gasteiger partial charge in [0.05, 0.1) is 10.6 Å². The van der Waals surface area contributed by atoms with Crippen molar-refractivity contribution in [3.63, 3.8) is 0 Å². The van der Waals surface area contributed by atoms with E-state index in [0.29, 0.717) is 5.69 Å². The number of non-ortho nitro benzene ring substituents is 1. The highest BCUT2D eigenvalue weighted by molar-refractivity contribution is 5.80. The molecular weight excluding hydrogens is 240 g/mol. The van der Waals surface area contributed by atoms with Crippen molar-refractivity contribution in [1.29, 1.82) is 0 Å². The highest BCUT2D eigenvalue weighted by atomic mass is 16.6. The first-order chi connectivity index (χ1) is 9.25. The van der Waals surface area contributed by atoms with Crippen LogP contribution in [0.5, 0.6) is 0 Å². The molecule has 0 aromatic heterocycles. The van der Waals surface area contributed by atoms with Crippen LogP contribution in [0.4, 0.5) is 11.4 Å². The molecule has 0 saturated heterocycles. The quantitative estimate of drug-likeness (QED) is 0.469. The topological polar surface area (TPSA) is 55.5 Å². The maximum atomic E-state index is 10.5. The van der Waals surface area contributed by atoms with Crippen molar-refractivity contribution in [1.82, 2.24) is 0 Å². The minimum atomic E-state index is -0.428. The lowest BCUT2D eigenvalue weighted by molar-refractivity contribution is -0.384. The lowest BCUT2D eigenvalue weighted by Gasteiger charge is -1.92. The third-order valence-electron chi connectivity index (χ3n) is 2.46. The van der Waals surface area contributed by atoms with Gasteiger partial charge in [-0.1, -0.05) is 36.4 Å². The second kappa shape index (κ2) is 6.26. The van der Waals surface area contributed by atoms with Crippen LogP contribution in [0.1, 0.15) is 5.56 Å². The normalized spacial score (nSPS) is 11.2. The summed E-state index contributed by atoms with van der Waals surface area (Å²) in [6.07, 6.45) is 5.43. The van der Waals surface area contributed by atoms with E-state index in [1.54, 1.807) is 18.3 Å². The Balaban J connectivity index is 1.99. The zero-order chi connectivity index (χ0) is 13.5. The van der Waals surface area contributed by atoms with E-state index in [2.05, 4.69) is 4.99 Å². The van der Waals surface area contributed by atoms with E-state index in [9.17, 15) is 10.1 Å². The summed E-state index contributed by atoms with van der Waals surface area (Å²) in [6.45, 7) is 0. The van der Waals surface area contributed by atoms with Crippen molar-refractivity contribution in [3.8, 4) is 0 Å². The van der Waals surface area contributed by atoms with Crippen molar-refractivity contribution < 1.29 is 4.92 Å². The summed E-state index contributed by atoms with van der Waals surface area (Å²) in [4.78, 5) is 14.2. The van der Waals surface area contributed by atoms with E-state index >= 15 is 0 Å². The van der Waals surface area contributed by atoms with Gasteiger partial charge in [0.1, 0.15) is 0 Å². The van der Waals surface area contributed by atoms with Crippen molar-refractivity contribution in [2.75, 3.05) is 0 Å². The van der Waals surface area contributed by atoms with Gasteiger partial charge in [0.25, 0.3) is 5.69 Å². The van der Waals surface area contributed by atoms with Gasteiger partial charge in [-0.2, -0.15) is 0 Å². The molecule has 2 aromatic rings. The fraction of sp³-hybridized carbons (Fsp3) is 0. The molecule has 2 rings (SSSR count). The van der Waals surface area contributed by atoms with Crippen LogP contribution in [-0.2, 0) is 0 Å². The van der Waals surface area contributed by atoms with E-state index < -0.39 is 4.92 Å². The molecule has 0 fully saturated rings. The van der Waals surface area contributed by atoms with Crippen LogP contribution < -0.4 is 0 Å². The maximum absolute atomic E-state index is 10.5. The molecule has 0 saturated carbocycles. The second-order valence-corrected chi connectivity index (χ2v) is 3.82. The van der Waals surface area contributed by atoms with Crippen LogP contribution in [0.2, 0.25) is 0 Å². The Kier molecular flexibility index (Phi) is 4.18. The van der Waals surface area contributed by atoms with Gasteiger partial charge < -0.3 is 0 Å². The molecule has 0 unspecified atom stereocenters. The summed E-state index contributed by atoms with van der Waals surface area (Å²) < 4.78 is 0. The number of hydrogen-bond acceptors (Lipinski definition) is 3. The second-order valence-electron chi connectivity index (χ2n) is 3.82. The zero-order valence-corrected chi connectivity index (χ0v) is 10.1. The number of nitro groups is 1. The first kappa shape index (κ1) is 12.7. The molecule has 0 radical (unpaired) electrons. The van der Waals surface area contributed by atoms with E-state index in [4.69, 9.17) is 0 Å². The fourth-order valence-corrected chi connectivity index (χ4v) is 1.51. The monoisotopic (exact) mass is 252 g/mol. The molecule has 2 aromatic carbocycles. The molecule has 19 heavy (non-hydrogen) atoms. The predicted octanol–water partition coefficient (Wildman–Crippen LogP) is 4.01. The minimum absolute atomic E-state index is 0.0683. The number of nitro benzene ring substituents is 1. The molecule has 0 aliphatic heterocycles. The number of nitrogens with zero attached hydrogens (tertiary/aromatic N) is 2. The molecule has 0 aliphatic carbocycles. The average Bonchev–Trinajstić information content (AvgIpc) is 2.45. The van der Waals surface area contributed by atoms with Crippen molar-refractivity contribution in [2.24, 2.45) is 4.99 Å². The Labute approximate surface area is 110 Å². The molecule has 4 nitrogen and oxygen atoms in total. The van der Waals surface area contributed by atoms with Crippen LogP contribution in [0.3, 0.4) is 0 Å². The largest absolute Gasteiger partial charge is 0.269 e. The predicted molar refractivity (Wildman–Crippen MR) is 76.7 cm³/mol. The Hall–Kier alpha value is -2.75. The molecule has 0 N–H and O–H groups in total. The molecule has 0 spiro atoms. The van der Waals surface area contributed by atoms with Gasteiger partial charge in [0.15, 0.2) is 0 Å². The summed E-state index contributed by atoms with van der Waals surface area (Å²) >= 11 is 0.